The third-order valence-electron chi connectivity index (χ3n) is 4.81. The Kier molecular flexibility index (Phi) is 6.03. The van der Waals surface area contributed by atoms with Crippen molar-refractivity contribution in [1.29, 1.82) is 0 Å². The van der Waals surface area contributed by atoms with Gasteiger partial charge in [-0.1, -0.05) is 6.92 Å². The monoisotopic (exact) mass is 295 g/mol. The molecule has 5 nitrogen and oxygen atoms in total. The molecule has 120 valence electrons. The van der Waals surface area contributed by atoms with Crippen LogP contribution in [0.5, 0.6) is 0 Å². The summed E-state index contributed by atoms with van der Waals surface area (Å²) in [4.78, 5) is 28.0. The topological polar surface area (TPSA) is 52.7 Å². The summed E-state index contributed by atoms with van der Waals surface area (Å²) >= 11 is 0. The fraction of sp³-hybridized carbons (Fsp3) is 0.875. The van der Waals surface area contributed by atoms with Crippen molar-refractivity contribution < 1.29 is 9.59 Å². The molecule has 1 unspecified atom stereocenters. The zero-order valence-electron chi connectivity index (χ0n) is 13.4. The average molecular weight is 295 g/mol. The van der Waals surface area contributed by atoms with Crippen molar-refractivity contribution >= 4 is 11.8 Å². The Morgan fingerprint density at radius 3 is 2.48 bits per heavy atom. The highest BCUT2D eigenvalue weighted by molar-refractivity contribution is 5.87. The highest BCUT2D eigenvalue weighted by Crippen LogP contribution is 2.17. The Balaban J connectivity index is 1.72. The lowest BCUT2D eigenvalue weighted by Gasteiger charge is -2.34. The highest BCUT2D eigenvalue weighted by Gasteiger charge is 2.30. The van der Waals surface area contributed by atoms with Gasteiger partial charge in [0.05, 0.1) is 0 Å². The second kappa shape index (κ2) is 7.78. The molecule has 21 heavy (non-hydrogen) atoms. The van der Waals surface area contributed by atoms with Gasteiger partial charge in [0.1, 0.15) is 6.04 Å². The van der Waals surface area contributed by atoms with Gasteiger partial charge in [-0.3, -0.25) is 9.59 Å². The number of nitrogens with one attached hydrogen (secondary N) is 1. The average Bonchev–Trinajstić information content (AvgIpc) is 2.49. The van der Waals surface area contributed by atoms with Gasteiger partial charge < -0.3 is 15.1 Å². The van der Waals surface area contributed by atoms with Gasteiger partial charge in [0.25, 0.3) is 0 Å². The molecule has 0 bridgehead atoms. The minimum Gasteiger partial charge on any atom is -0.353 e. The van der Waals surface area contributed by atoms with E-state index in [0.717, 1.165) is 51.4 Å². The van der Waals surface area contributed by atoms with Crippen LogP contribution in [0.15, 0.2) is 0 Å². The molecular formula is C16H29N3O2. The molecule has 2 fully saturated rings. The number of rotatable bonds is 4. The van der Waals surface area contributed by atoms with E-state index in [0.29, 0.717) is 6.54 Å². The molecule has 0 aliphatic carbocycles. The number of piperidine rings is 2. The SMILES string of the molecule is CC(=O)N1CCCCC1C(=O)NCCN1CCC(C)CC1. The molecule has 0 aromatic heterocycles. The number of likely N-dealkylation sites (tertiary alicyclic amines) is 2. The van der Waals surface area contributed by atoms with E-state index in [2.05, 4.69) is 17.1 Å². The number of hydrogen-bond acceptors (Lipinski definition) is 3. The van der Waals surface area contributed by atoms with Crippen molar-refractivity contribution in [2.45, 2.75) is 52.0 Å². The van der Waals surface area contributed by atoms with E-state index in [4.69, 9.17) is 0 Å². The van der Waals surface area contributed by atoms with E-state index in [1.807, 2.05) is 0 Å². The first-order valence-electron chi connectivity index (χ1n) is 8.35. The van der Waals surface area contributed by atoms with E-state index in [9.17, 15) is 9.59 Å². The van der Waals surface area contributed by atoms with Gasteiger partial charge in [0, 0.05) is 26.6 Å². The van der Waals surface area contributed by atoms with Gasteiger partial charge in [-0.2, -0.15) is 0 Å². The minimum atomic E-state index is -0.252. The van der Waals surface area contributed by atoms with Crippen LogP contribution in [-0.4, -0.2) is 60.4 Å². The van der Waals surface area contributed by atoms with Crippen molar-refractivity contribution in [2.24, 2.45) is 5.92 Å². The molecule has 1 atom stereocenters. The van der Waals surface area contributed by atoms with Gasteiger partial charge in [-0.15, -0.1) is 0 Å². The maximum Gasteiger partial charge on any atom is 0.242 e. The maximum atomic E-state index is 12.3. The highest BCUT2D eigenvalue weighted by atomic mass is 16.2. The van der Waals surface area contributed by atoms with E-state index >= 15 is 0 Å². The second-order valence-corrected chi connectivity index (χ2v) is 6.54. The first kappa shape index (κ1) is 16.3. The summed E-state index contributed by atoms with van der Waals surface area (Å²) < 4.78 is 0. The second-order valence-electron chi connectivity index (χ2n) is 6.54. The van der Waals surface area contributed by atoms with Crippen LogP contribution in [0.1, 0.15) is 46.0 Å². The molecule has 2 aliphatic heterocycles. The van der Waals surface area contributed by atoms with Crippen LogP contribution in [0, 0.1) is 5.92 Å². The minimum absolute atomic E-state index is 0.0138. The molecule has 0 aromatic carbocycles. The molecule has 5 heteroatoms. The Morgan fingerprint density at radius 2 is 1.81 bits per heavy atom. The number of amides is 2. The molecule has 2 saturated heterocycles. The largest absolute Gasteiger partial charge is 0.353 e. The van der Waals surface area contributed by atoms with E-state index in [-0.39, 0.29) is 17.9 Å². The first-order valence-corrected chi connectivity index (χ1v) is 8.35. The summed E-state index contributed by atoms with van der Waals surface area (Å²) in [5, 5.41) is 3.02. The number of nitrogens with zero attached hydrogens (tertiary/aromatic N) is 2. The lowest BCUT2D eigenvalue weighted by atomic mass is 9.99. The predicted octanol–water partition coefficient (Wildman–Crippen LogP) is 1.24. The van der Waals surface area contributed by atoms with Crippen molar-refractivity contribution in [2.75, 3.05) is 32.7 Å². The molecule has 0 saturated carbocycles. The molecule has 1 N–H and O–H groups in total. The lowest BCUT2D eigenvalue weighted by Crippen LogP contribution is -2.52. The Morgan fingerprint density at radius 1 is 1.10 bits per heavy atom. The van der Waals surface area contributed by atoms with Gasteiger partial charge in [0.2, 0.25) is 11.8 Å². The molecular weight excluding hydrogens is 266 g/mol. The molecule has 2 rings (SSSR count). The Labute approximate surface area is 128 Å². The fourth-order valence-electron chi connectivity index (χ4n) is 3.32. The Hall–Kier alpha value is -1.10. The maximum absolute atomic E-state index is 12.3. The van der Waals surface area contributed by atoms with Crippen LogP contribution in [0.4, 0.5) is 0 Å². The van der Waals surface area contributed by atoms with Crippen LogP contribution in [-0.2, 0) is 9.59 Å². The molecule has 2 heterocycles. The molecule has 0 spiro atoms. The summed E-state index contributed by atoms with van der Waals surface area (Å²) in [5.41, 5.74) is 0. The molecule has 2 amide bonds. The normalized spacial score (nSPS) is 24.9. The summed E-state index contributed by atoms with van der Waals surface area (Å²) in [6.07, 6.45) is 5.36. The van der Waals surface area contributed by atoms with Gasteiger partial charge >= 0.3 is 0 Å². The molecule has 2 aliphatic rings. The van der Waals surface area contributed by atoms with Gasteiger partial charge in [-0.05, 0) is 51.1 Å². The third kappa shape index (κ3) is 4.70. The fourth-order valence-corrected chi connectivity index (χ4v) is 3.32. The van der Waals surface area contributed by atoms with Crippen LogP contribution in [0.3, 0.4) is 0 Å². The van der Waals surface area contributed by atoms with Crippen molar-refractivity contribution in [3.8, 4) is 0 Å². The quantitative estimate of drug-likeness (QED) is 0.849. The van der Waals surface area contributed by atoms with Crippen molar-refractivity contribution in [3.63, 3.8) is 0 Å². The Bertz CT molecular complexity index is 365. The van der Waals surface area contributed by atoms with Crippen LogP contribution < -0.4 is 5.32 Å². The first-order chi connectivity index (χ1) is 10.1. The van der Waals surface area contributed by atoms with Gasteiger partial charge in [0.15, 0.2) is 0 Å². The smallest absolute Gasteiger partial charge is 0.242 e. The van der Waals surface area contributed by atoms with Crippen molar-refractivity contribution in [1.82, 2.24) is 15.1 Å². The molecule has 0 aromatic rings. The number of carbonyl (C=O) groups is 2. The lowest BCUT2D eigenvalue weighted by molar-refractivity contribution is -0.140. The zero-order valence-corrected chi connectivity index (χ0v) is 13.4. The zero-order chi connectivity index (χ0) is 15.2. The number of hydrogen-bond donors (Lipinski definition) is 1. The van der Waals surface area contributed by atoms with Crippen LogP contribution in [0.2, 0.25) is 0 Å². The number of carbonyl (C=O) groups excluding carboxylic acids is 2. The summed E-state index contributed by atoms with van der Waals surface area (Å²) in [6, 6.07) is -0.252. The molecule has 0 radical (unpaired) electrons. The van der Waals surface area contributed by atoms with E-state index in [1.165, 1.54) is 12.8 Å². The van der Waals surface area contributed by atoms with E-state index in [1.54, 1.807) is 11.8 Å². The van der Waals surface area contributed by atoms with Crippen molar-refractivity contribution in [3.05, 3.63) is 0 Å². The summed E-state index contributed by atoms with van der Waals surface area (Å²) in [5.74, 6) is 0.873. The predicted molar refractivity (Wildman–Crippen MR) is 82.9 cm³/mol. The van der Waals surface area contributed by atoms with E-state index < -0.39 is 0 Å². The van der Waals surface area contributed by atoms with Gasteiger partial charge in [-0.25, -0.2) is 0 Å². The summed E-state index contributed by atoms with van der Waals surface area (Å²) in [6.45, 7) is 8.47. The van der Waals surface area contributed by atoms with Crippen LogP contribution >= 0.6 is 0 Å². The van der Waals surface area contributed by atoms with Crippen LogP contribution in [0.25, 0.3) is 0 Å². The third-order valence-corrected chi connectivity index (χ3v) is 4.81. The summed E-state index contributed by atoms with van der Waals surface area (Å²) in [7, 11) is 0. The standard InChI is InChI=1S/C16H29N3O2/c1-13-6-10-18(11-7-13)12-8-17-16(21)15-5-3-4-9-19(15)14(2)20/h13,15H,3-12H2,1-2H3,(H,17,21).